The summed E-state index contributed by atoms with van der Waals surface area (Å²) in [4.78, 5) is 28.7. The average Bonchev–Trinajstić information content (AvgIpc) is 2.62. The molecule has 0 saturated carbocycles. The maximum absolute atomic E-state index is 12.7. The Kier molecular flexibility index (Phi) is 8.93. The van der Waals surface area contributed by atoms with E-state index in [1.54, 1.807) is 29.2 Å². The van der Waals surface area contributed by atoms with Gasteiger partial charge in [-0.1, -0.05) is 0 Å². The summed E-state index contributed by atoms with van der Waals surface area (Å²) in [7, 11) is 1.95. The van der Waals surface area contributed by atoms with Gasteiger partial charge < -0.3 is 15.1 Å². The molecule has 1 aliphatic rings. The van der Waals surface area contributed by atoms with Crippen molar-refractivity contribution in [3.8, 4) is 0 Å². The van der Waals surface area contributed by atoms with Crippen LogP contribution in [0.1, 0.15) is 47.4 Å². The largest absolute Gasteiger partial charge is 0.339 e. The van der Waals surface area contributed by atoms with Crippen LogP contribution in [0, 0.1) is 5.92 Å². The second-order valence-corrected chi connectivity index (χ2v) is 6.37. The molecule has 0 bridgehead atoms. The van der Waals surface area contributed by atoms with E-state index in [0.29, 0.717) is 30.1 Å². The summed E-state index contributed by atoms with van der Waals surface area (Å²) < 4.78 is 0. The van der Waals surface area contributed by atoms with Gasteiger partial charge in [-0.2, -0.15) is 0 Å². The third-order valence-corrected chi connectivity index (χ3v) is 4.73. The Morgan fingerprint density at radius 1 is 1.16 bits per heavy atom. The number of nitrogens with zero attached hydrogens (tertiary/aromatic N) is 2. The molecule has 1 fully saturated rings. The SMILES string of the molecule is CCN(CC)C(=O)c1ccc(C(=O)N2CCCC(CNC)C2)cc1.Cl. The van der Waals surface area contributed by atoms with Gasteiger partial charge >= 0.3 is 0 Å². The maximum Gasteiger partial charge on any atom is 0.253 e. The molecule has 25 heavy (non-hydrogen) atoms. The fourth-order valence-electron chi connectivity index (χ4n) is 3.34. The molecule has 140 valence electrons. The normalized spacial score (nSPS) is 16.9. The lowest BCUT2D eigenvalue weighted by atomic mass is 9.97. The molecule has 6 heteroatoms. The molecule has 0 spiro atoms. The van der Waals surface area contributed by atoms with Crippen LogP contribution < -0.4 is 5.32 Å². The number of rotatable bonds is 6. The molecule has 1 N–H and O–H groups in total. The van der Waals surface area contributed by atoms with Gasteiger partial charge in [0.2, 0.25) is 0 Å². The van der Waals surface area contributed by atoms with Crippen molar-refractivity contribution >= 4 is 24.2 Å². The molecule has 5 nitrogen and oxygen atoms in total. The summed E-state index contributed by atoms with van der Waals surface area (Å²) in [5.41, 5.74) is 1.30. The smallest absolute Gasteiger partial charge is 0.253 e. The number of piperidine rings is 1. The van der Waals surface area contributed by atoms with Gasteiger partial charge in [0.25, 0.3) is 11.8 Å². The second kappa shape index (κ2) is 10.4. The van der Waals surface area contributed by atoms with Crippen LogP contribution in [0.3, 0.4) is 0 Å². The highest BCUT2D eigenvalue weighted by Crippen LogP contribution is 2.18. The van der Waals surface area contributed by atoms with Gasteiger partial charge in [-0.05, 0) is 70.5 Å². The highest BCUT2D eigenvalue weighted by atomic mass is 35.5. The van der Waals surface area contributed by atoms with Crippen molar-refractivity contribution < 1.29 is 9.59 Å². The first kappa shape index (κ1) is 21.5. The van der Waals surface area contributed by atoms with E-state index in [4.69, 9.17) is 0 Å². The van der Waals surface area contributed by atoms with Crippen molar-refractivity contribution in [1.82, 2.24) is 15.1 Å². The van der Waals surface area contributed by atoms with Crippen molar-refractivity contribution in [2.75, 3.05) is 39.8 Å². The van der Waals surface area contributed by atoms with Gasteiger partial charge in [-0.25, -0.2) is 0 Å². The molecule has 0 radical (unpaired) electrons. The number of benzene rings is 1. The first-order chi connectivity index (χ1) is 11.6. The number of likely N-dealkylation sites (tertiary alicyclic amines) is 1. The Labute approximate surface area is 157 Å². The molecular formula is C19H30ClN3O2. The number of hydrogen-bond acceptors (Lipinski definition) is 3. The number of halogens is 1. The minimum absolute atomic E-state index is 0. The summed E-state index contributed by atoms with van der Waals surface area (Å²) in [5.74, 6) is 0.611. The van der Waals surface area contributed by atoms with E-state index < -0.39 is 0 Å². The van der Waals surface area contributed by atoms with Crippen molar-refractivity contribution in [2.45, 2.75) is 26.7 Å². The Morgan fingerprint density at radius 3 is 2.32 bits per heavy atom. The number of hydrogen-bond donors (Lipinski definition) is 1. The first-order valence-electron chi connectivity index (χ1n) is 8.93. The summed E-state index contributed by atoms with van der Waals surface area (Å²) in [6, 6.07) is 7.09. The van der Waals surface area contributed by atoms with Gasteiger partial charge in [0, 0.05) is 37.3 Å². The van der Waals surface area contributed by atoms with Crippen LogP contribution in [0.15, 0.2) is 24.3 Å². The van der Waals surface area contributed by atoms with E-state index in [0.717, 1.165) is 26.1 Å². The van der Waals surface area contributed by atoms with Gasteiger partial charge in [0.15, 0.2) is 0 Å². The van der Waals surface area contributed by atoms with Crippen LogP contribution in [0.2, 0.25) is 0 Å². The standard InChI is InChI=1S/C19H29N3O2.ClH/c1-4-21(5-2)18(23)16-8-10-17(11-9-16)19(24)22-12-6-7-15(14-22)13-20-3;/h8-11,15,20H,4-7,12-14H2,1-3H3;1H. The van der Waals surface area contributed by atoms with Gasteiger partial charge in [-0.3, -0.25) is 9.59 Å². The molecule has 1 aliphatic heterocycles. The summed E-state index contributed by atoms with van der Waals surface area (Å²) in [6.07, 6.45) is 2.22. The monoisotopic (exact) mass is 367 g/mol. The zero-order valence-corrected chi connectivity index (χ0v) is 16.3. The van der Waals surface area contributed by atoms with E-state index in [1.165, 1.54) is 6.42 Å². The molecule has 1 aromatic carbocycles. The highest BCUT2D eigenvalue weighted by molar-refractivity contribution is 5.97. The molecule has 1 saturated heterocycles. The molecule has 0 aromatic heterocycles. The molecule has 1 unspecified atom stereocenters. The molecule has 2 amide bonds. The lowest BCUT2D eigenvalue weighted by Gasteiger charge is -2.32. The zero-order chi connectivity index (χ0) is 17.5. The molecule has 1 atom stereocenters. The number of carbonyl (C=O) groups excluding carboxylic acids is 2. The van der Waals surface area contributed by atoms with Crippen LogP contribution in [-0.4, -0.2) is 61.4 Å². The van der Waals surface area contributed by atoms with E-state index in [-0.39, 0.29) is 24.2 Å². The lowest BCUT2D eigenvalue weighted by molar-refractivity contribution is 0.0673. The number of carbonyl (C=O) groups is 2. The van der Waals surface area contributed by atoms with Crippen LogP contribution in [0.25, 0.3) is 0 Å². The maximum atomic E-state index is 12.7. The fraction of sp³-hybridized carbons (Fsp3) is 0.579. The van der Waals surface area contributed by atoms with E-state index >= 15 is 0 Å². The predicted octanol–water partition coefficient (Wildman–Crippen LogP) is 2.66. The molecule has 1 aromatic rings. The van der Waals surface area contributed by atoms with Crippen molar-refractivity contribution in [3.63, 3.8) is 0 Å². The topological polar surface area (TPSA) is 52.7 Å². The van der Waals surface area contributed by atoms with Crippen LogP contribution in [-0.2, 0) is 0 Å². The van der Waals surface area contributed by atoms with Crippen LogP contribution in [0.5, 0.6) is 0 Å². The van der Waals surface area contributed by atoms with E-state index in [1.807, 2.05) is 25.8 Å². The van der Waals surface area contributed by atoms with Gasteiger partial charge in [0.1, 0.15) is 0 Å². The van der Waals surface area contributed by atoms with Gasteiger partial charge in [0.05, 0.1) is 0 Å². The Morgan fingerprint density at radius 2 is 1.76 bits per heavy atom. The van der Waals surface area contributed by atoms with E-state index in [2.05, 4.69) is 5.32 Å². The Bertz CT molecular complexity index is 556. The first-order valence-corrected chi connectivity index (χ1v) is 8.93. The predicted molar refractivity (Wildman–Crippen MR) is 103 cm³/mol. The highest BCUT2D eigenvalue weighted by Gasteiger charge is 2.24. The number of amides is 2. The van der Waals surface area contributed by atoms with Crippen molar-refractivity contribution in [2.24, 2.45) is 5.92 Å². The quantitative estimate of drug-likeness (QED) is 0.841. The summed E-state index contributed by atoms with van der Waals surface area (Å²) in [5, 5.41) is 3.20. The van der Waals surface area contributed by atoms with Crippen LogP contribution >= 0.6 is 12.4 Å². The van der Waals surface area contributed by atoms with Gasteiger partial charge in [-0.15, -0.1) is 12.4 Å². The lowest BCUT2D eigenvalue weighted by Crippen LogP contribution is -2.42. The second-order valence-electron chi connectivity index (χ2n) is 6.37. The third kappa shape index (κ3) is 5.44. The third-order valence-electron chi connectivity index (χ3n) is 4.73. The van der Waals surface area contributed by atoms with Crippen molar-refractivity contribution in [3.05, 3.63) is 35.4 Å². The van der Waals surface area contributed by atoms with E-state index in [9.17, 15) is 9.59 Å². The molecule has 0 aliphatic carbocycles. The molecule has 1 heterocycles. The van der Waals surface area contributed by atoms with Crippen molar-refractivity contribution in [1.29, 1.82) is 0 Å². The molecular weight excluding hydrogens is 338 g/mol. The summed E-state index contributed by atoms with van der Waals surface area (Å²) >= 11 is 0. The minimum atomic E-state index is 0. The zero-order valence-electron chi connectivity index (χ0n) is 15.5. The Hall–Kier alpha value is -1.59. The fourth-order valence-corrected chi connectivity index (χ4v) is 3.34. The van der Waals surface area contributed by atoms with Crippen LogP contribution in [0.4, 0.5) is 0 Å². The Balaban J connectivity index is 0.00000312. The number of nitrogens with one attached hydrogen (secondary N) is 1. The average molecular weight is 368 g/mol. The minimum Gasteiger partial charge on any atom is -0.339 e. The molecule has 2 rings (SSSR count). The summed E-state index contributed by atoms with van der Waals surface area (Å²) in [6.45, 7) is 7.89.